The molecule has 0 N–H and O–H groups in total. The van der Waals surface area contributed by atoms with Crippen molar-refractivity contribution in [3.8, 4) is 0 Å². The first kappa shape index (κ1) is 59.3. The molecule has 0 aromatic heterocycles. The lowest BCUT2D eigenvalue weighted by molar-refractivity contribution is -0.163. The maximum absolute atomic E-state index is 12.8. The van der Waals surface area contributed by atoms with Gasteiger partial charge < -0.3 is 14.2 Å². The Labute approximate surface area is 385 Å². The molecule has 1 atom stereocenters. The molecule has 0 aliphatic heterocycles. The van der Waals surface area contributed by atoms with Gasteiger partial charge >= 0.3 is 11.9 Å². The topological polar surface area (TPSA) is 61.8 Å². The van der Waals surface area contributed by atoms with E-state index in [0.29, 0.717) is 19.4 Å². The van der Waals surface area contributed by atoms with Gasteiger partial charge in [-0.25, -0.2) is 0 Å². The van der Waals surface area contributed by atoms with Crippen LogP contribution in [0.2, 0.25) is 0 Å². The highest BCUT2D eigenvalue weighted by Gasteiger charge is 2.17. The van der Waals surface area contributed by atoms with Crippen molar-refractivity contribution < 1.29 is 23.8 Å². The van der Waals surface area contributed by atoms with Gasteiger partial charge in [0.05, 0.1) is 6.61 Å². The second-order valence-corrected chi connectivity index (χ2v) is 17.4. The minimum absolute atomic E-state index is 0.0690. The number of ether oxygens (including phenoxy) is 3. The fourth-order valence-corrected chi connectivity index (χ4v) is 7.17. The Morgan fingerprint density at radius 1 is 0.355 bits per heavy atom. The van der Waals surface area contributed by atoms with E-state index in [1.165, 1.54) is 135 Å². The van der Waals surface area contributed by atoms with Crippen LogP contribution in [0.3, 0.4) is 0 Å². The quantitative estimate of drug-likeness (QED) is 0.0346. The van der Waals surface area contributed by atoms with Gasteiger partial charge in [-0.15, -0.1) is 0 Å². The molecule has 0 aliphatic rings. The van der Waals surface area contributed by atoms with Gasteiger partial charge in [-0.3, -0.25) is 9.59 Å². The summed E-state index contributed by atoms with van der Waals surface area (Å²) in [5.74, 6) is -0.426. The summed E-state index contributed by atoms with van der Waals surface area (Å²) < 4.78 is 17.4. The first-order chi connectivity index (χ1) is 30.6. The number of unbranched alkanes of at least 4 members (excludes halogenated alkanes) is 25. The largest absolute Gasteiger partial charge is 0.462 e. The molecule has 0 spiro atoms. The number of hydrogen-bond acceptors (Lipinski definition) is 5. The van der Waals surface area contributed by atoms with Gasteiger partial charge in [-0.05, 0) is 109 Å². The Morgan fingerprint density at radius 2 is 0.694 bits per heavy atom. The highest BCUT2D eigenvalue weighted by molar-refractivity contribution is 5.70. The maximum Gasteiger partial charge on any atom is 0.306 e. The zero-order valence-corrected chi connectivity index (χ0v) is 41.1. The summed E-state index contributed by atoms with van der Waals surface area (Å²) in [6, 6.07) is 0. The molecule has 0 rings (SSSR count). The van der Waals surface area contributed by atoms with E-state index < -0.39 is 6.10 Å². The lowest BCUT2D eigenvalue weighted by Crippen LogP contribution is -2.30. The van der Waals surface area contributed by atoms with Crippen molar-refractivity contribution in [1.82, 2.24) is 0 Å². The second-order valence-electron chi connectivity index (χ2n) is 17.4. The van der Waals surface area contributed by atoms with Crippen molar-refractivity contribution >= 4 is 11.9 Å². The van der Waals surface area contributed by atoms with Gasteiger partial charge in [0, 0.05) is 19.4 Å². The number of carbonyl (C=O) groups is 2. The molecule has 0 heterocycles. The van der Waals surface area contributed by atoms with Gasteiger partial charge in [0.25, 0.3) is 0 Å². The van der Waals surface area contributed by atoms with E-state index in [0.717, 1.165) is 83.5 Å². The van der Waals surface area contributed by atoms with Crippen molar-refractivity contribution in [2.75, 3.05) is 19.8 Å². The zero-order chi connectivity index (χ0) is 44.9. The minimum atomic E-state index is -0.553. The molecule has 0 bridgehead atoms. The molecule has 0 saturated carbocycles. The van der Waals surface area contributed by atoms with Crippen LogP contribution >= 0.6 is 0 Å². The molecule has 1 unspecified atom stereocenters. The zero-order valence-electron chi connectivity index (χ0n) is 41.1. The molecular weight excluding hydrogens is 765 g/mol. The number of rotatable bonds is 48. The van der Waals surface area contributed by atoms with Crippen LogP contribution in [0.25, 0.3) is 0 Å². The van der Waals surface area contributed by atoms with Crippen LogP contribution in [-0.2, 0) is 23.8 Å². The first-order valence-corrected chi connectivity index (χ1v) is 26.5. The van der Waals surface area contributed by atoms with E-state index >= 15 is 0 Å². The highest BCUT2D eigenvalue weighted by Crippen LogP contribution is 2.13. The van der Waals surface area contributed by atoms with Crippen LogP contribution in [0.15, 0.2) is 72.9 Å². The van der Waals surface area contributed by atoms with E-state index in [9.17, 15) is 9.59 Å². The molecule has 5 heteroatoms. The molecule has 0 aromatic rings. The summed E-state index contributed by atoms with van der Waals surface area (Å²) in [6.45, 7) is 7.71. The lowest BCUT2D eigenvalue weighted by Gasteiger charge is -2.18. The van der Waals surface area contributed by atoms with Crippen LogP contribution in [-0.4, -0.2) is 37.9 Å². The third kappa shape index (κ3) is 50.0. The average Bonchev–Trinajstić information content (AvgIpc) is 3.27. The summed E-state index contributed by atoms with van der Waals surface area (Å²) in [6.07, 6.45) is 67.6. The lowest BCUT2D eigenvalue weighted by atomic mass is 10.1. The molecule has 0 saturated heterocycles. The summed E-state index contributed by atoms with van der Waals surface area (Å²) in [5.41, 5.74) is 0. The first-order valence-electron chi connectivity index (χ1n) is 26.5. The van der Waals surface area contributed by atoms with Gasteiger partial charge in [-0.2, -0.15) is 0 Å². The molecule has 0 radical (unpaired) electrons. The number of esters is 2. The molecule has 358 valence electrons. The predicted octanol–water partition coefficient (Wildman–Crippen LogP) is 17.9. The van der Waals surface area contributed by atoms with Crippen LogP contribution < -0.4 is 0 Å². The molecular formula is C57H100O5. The monoisotopic (exact) mass is 865 g/mol. The fourth-order valence-electron chi connectivity index (χ4n) is 7.17. The van der Waals surface area contributed by atoms with Crippen molar-refractivity contribution in [3.05, 3.63) is 72.9 Å². The van der Waals surface area contributed by atoms with Crippen molar-refractivity contribution in [1.29, 1.82) is 0 Å². The van der Waals surface area contributed by atoms with Gasteiger partial charge in [0.2, 0.25) is 0 Å². The van der Waals surface area contributed by atoms with Crippen molar-refractivity contribution in [3.63, 3.8) is 0 Å². The average molecular weight is 865 g/mol. The number of hydrogen-bond donors (Lipinski definition) is 0. The molecule has 0 aliphatic carbocycles. The van der Waals surface area contributed by atoms with Gasteiger partial charge in [0.1, 0.15) is 6.61 Å². The number of carbonyl (C=O) groups excluding carboxylic acids is 2. The Bertz CT molecular complexity index is 1110. The van der Waals surface area contributed by atoms with Crippen LogP contribution in [0.5, 0.6) is 0 Å². The summed E-state index contributed by atoms with van der Waals surface area (Å²) in [5, 5.41) is 0. The van der Waals surface area contributed by atoms with Crippen molar-refractivity contribution in [2.45, 2.75) is 258 Å². The third-order valence-electron chi connectivity index (χ3n) is 11.2. The minimum Gasteiger partial charge on any atom is -0.462 e. The van der Waals surface area contributed by atoms with Crippen LogP contribution in [0, 0.1) is 0 Å². The van der Waals surface area contributed by atoms with Gasteiger partial charge in [-0.1, -0.05) is 203 Å². The van der Waals surface area contributed by atoms with Gasteiger partial charge in [0.15, 0.2) is 6.10 Å². The smallest absolute Gasteiger partial charge is 0.306 e. The van der Waals surface area contributed by atoms with E-state index in [2.05, 4.69) is 93.7 Å². The maximum atomic E-state index is 12.8. The Morgan fingerprint density at radius 3 is 1.15 bits per heavy atom. The van der Waals surface area contributed by atoms with E-state index in [-0.39, 0.29) is 25.2 Å². The molecule has 5 nitrogen and oxygen atoms in total. The van der Waals surface area contributed by atoms with Crippen LogP contribution in [0.4, 0.5) is 0 Å². The Balaban J connectivity index is 4.27. The molecule has 0 aromatic carbocycles. The van der Waals surface area contributed by atoms with E-state index in [1.54, 1.807) is 0 Å². The normalized spacial score (nSPS) is 12.8. The van der Waals surface area contributed by atoms with E-state index in [1.807, 2.05) is 0 Å². The van der Waals surface area contributed by atoms with Crippen LogP contribution in [0.1, 0.15) is 252 Å². The third-order valence-corrected chi connectivity index (χ3v) is 11.2. The standard InChI is InChI=1S/C57H100O5/c1-4-7-10-13-16-19-22-24-26-28-29-30-31-33-36-38-41-44-47-50-56(58)61-54-55(62-57(59)51-48-45-42-39-35-21-18-15-12-9-6-3)53-60-52-49-46-43-40-37-34-32-27-25-23-20-17-14-11-8-5-2/h15-20,24-27,29-30,55H,4-14,21-23,28,31-54H2,1-3H3/b18-15-,19-16-,20-17-,26-24-,27-25-,30-29-. The van der Waals surface area contributed by atoms with Crippen molar-refractivity contribution in [2.24, 2.45) is 0 Å². The SMILES string of the molecule is CCCC/C=C\CCCCCCCC(=O)OC(COCCCCCCCC/C=C\C/C=C\CCCCC)COC(=O)CCCCCCCC/C=C\C/C=C\C/C=C\CCCCC. The summed E-state index contributed by atoms with van der Waals surface area (Å²) in [4.78, 5) is 25.4. The van der Waals surface area contributed by atoms with E-state index in [4.69, 9.17) is 14.2 Å². The molecule has 0 fully saturated rings. The second kappa shape index (κ2) is 52.7. The predicted molar refractivity (Wildman–Crippen MR) is 270 cm³/mol. The highest BCUT2D eigenvalue weighted by atomic mass is 16.6. The summed E-state index contributed by atoms with van der Waals surface area (Å²) in [7, 11) is 0. The molecule has 62 heavy (non-hydrogen) atoms. The molecule has 0 amide bonds. The fraction of sp³-hybridized carbons (Fsp3) is 0.754. The number of allylic oxidation sites excluding steroid dienone is 12. The Hall–Kier alpha value is -2.66. The Kier molecular flexibility index (Phi) is 50.4. The summed E-state index contributed by atoms with van der Waals surface area (Å²) >= 11 is 0.